The highest BCUT2D eigenvalue weighted by Gasteiger charge is 2.20. The Kier molecular flexibility index (Phi) is 4.53. The molecule has 4 heteroatoms. The molecule has 0 atom stereocenters. The minimum absolute atomic E-state index is 0.496. The molecule has 2 heterocycles. The highest BCUT2D eigenvalue weighted by atomic mass is 15.1. The van der Waals surface area contributed by atoms with Gasteiger partial charge in [-0.1, -0.05) is 67.8 Å². The third-order valence-corrected chi connectivity index (χ3v) is 5.65. The lowest BCUT2D eigenvalue weighted by atomic mass is 9.95. The molecule has 1 fully saturated rings. The summed E-state index contributed by atoms with van der Waals surface area (Å²) in [5.74, 6) is 0.949. The van der Waals surface area contributed by atoms with Gasteiger partial charge in [-0.15, -0.1) is 0 Å². The van der Waals surface area contributed by atoms with Gasteiger partial charge in [0.1, 0.15) is 12.1 Å². The Morgan fingerprint density at radius 2 is 1.54 bits per heavy atom. The quantitative estimate of drug-likeness (QED) is 0.493. The molecular weight excluding hydrogens is 344 g/mol. The van der Waals surface area contributed by atoms with Gasteiger partial charge in [0, 0.05) is 23.5 Å². The highest BCUT2D eigenvalue weighted by molar-refractivity contribution is 6.02. The number of hydrogen-bond acceptors (Lipinski definition) is 3. The number of nitrogens with one attached hydrogen (secondary N) is 1. The van der Waals surface area contributed by atoms with Crippen molar-refractivity contribution in [2.45, 2.75) is 38.1 Å². The summed E-state index contributed by atoms with van der Waals surface area (Å²) in [4.78, 5) is 9.33. The zero-order chi connectivity index (χ0) is 18.8. The number of para-hydroxylation sites is 1. The fourth-order valence-electron chi connectivity index (χ4n) is 4.23. The summed E-state index contributed by atoms with van der Waals surface area (Å²) in [6.07, 6.45) is 10.2. The predicted molar refractivity (Wildman–Crippen MR) is 115 cm³/mol. The van der Waals surface area contributed by atoms with Gasteiger partial charge >= 0.3 is 0 Å². The number of anilines is 1. The average molecular weight is 368 g/mol. The molecule has 1 aliphatic rings. The molecule has 4 aromatic rings. The van der Waals surface area contributed by atoms with Crippen molar-refractivity contribution in [3.63, 3.8) is 0 Å². The number of fused-ring (bicyclic) bond motifs is 1. The molecule has 0 radical (unpaired) electrons. The van der Waals surface area contributed by atoms with E-state index in [1.165, 1.54) is 43.2 Å². The average Bonchev–Trinajstić information content (AvgIpc) is 3.17. The summed E-state index contributed by atoms with van der Waals surface area (Å²) in [5.41, 5.74) is 4.40. The molecule has 0 amide bonds. The van der Waals surface area contributed by atoms with Crippen molar-refractivity contribution >= 4 is 16.9 Å². The van der Waals surface area contributed by atoms with E-state index in [9.17, 15) is 0 Å². The minimum atomic E-state index is 0.496. The monoisotopic (exact) mass is 368 g/mol. The van der Waals surface area contributed by atoms with E-state index in [4.69, 9.17) is 0 Å². The molecule has 2 aromatic heterocycles. The van der Waals surface area contributed by atoms with Crippen molar-refractivity contribution in [3.8, 4) is 16.8 Å². The van der Waals surface area contributed by atoms with Crippen molar-refractivity contribution in [2.24, 2.45) is 0 Å². The van der Waals surface area contributed by atoms with Gasteiger partial charge in [-0.25, -0.2) is 9.97 Å². The summed E-state index contributed by atoms with van der Waals surface area (Å²) in [6, 6.07) is 21.4. The van der Waals surface area contributed by atoms with Gasteiger partial charge in [0.25, 0.3) is 0 Å². The Hall–Kier alpha value is -3.14. The number of benzene rings is 2. The summed E-state index contributed by atoms with van der Waals surface area (Å²) in [7, 11) is 0. The molecule has 1 saturated carbocycles. The van der Waals surface area contributed by atoms with E-state index in [2.05, 4.69) is 80.6 Å². The Balaban J connectivity index is 1.69. The maximum absolute atomic E-state index is 4.67. The van der Waals surface area contributed by atoms with E-state index in [1.807, 2.05) is 6.07 Å². The number of hydrogen-bond donors (Lipinski definition) is 1. The zero-order valence-corrected chi connectivity index (χ0v) is 15.9. The van der Waals surface area contributed by atoms with E-state index in [0.29, 0.717) is 6.04 Å². The molecule has 2 aromatic carbocycles. The summed E-state index contributed by atoms with van der Waals surface area (Å²) >= 11 is 0. The largest absolute Gasteiger partial charge is 0.367 e. The van der Waals surface area contributed by atoms with Crippen LogP contribution in [-0.4, -0.2) is 20.6 Å². The van der Waals surface area contributed by atoms with Crippen LogP contribution >= 0.6 is 0 Å². The van der Waals surface area contributed by atoms with E-state index in [-0.39, 0.29) is 0 Å². The van der Waals surface area contributed by atoms with Gasteiger partial charge in [-0.2, -0.15) is 0 Å². The first kappa shape index (κ1) is 17.0. The van der Waals surface area contributed by atoms with Crippen LogP contribution in [0.4, 0.5) is 5.82 Å². The number of nitrogens with zero attached hydrogens (tertiary/aromatic N) is 3. The molecular formula is C24H24N4. The third kappa shape index (κ3) is 3.15. The van der Waals surface area contributed by atoms with Crippen LogP contribution in [0.5, 0.6) is 0 Å². The molecule has 5 rings (SSSR count). The third-order valence-electron chi connectivity index (χ3n) is 5.65. The van der Waals surface area contributed by atoms with Gasteiger partial charge in [0.05, 0.1) is 5.39 Å². The van der Waals surface area contributed by atoms with Gasteiger partial charge in [-0.3, -0.25) is 0 Å². The fraction of sp³-hybridized carbons (Fsp3) is 0.250. The van der Waals surface area contributed by atoms with E-state index < -0.39 is 0 Å². The van der Waals surface area contributed by atoms with Gasteiger partial charge < -0.3 is 9.88 Å². The van der Waals surface area contributed by atoms with Crippen molar-refractivity contribution in [1.82, 2.24) is 14.5 Å². The van der Waals surface area contributed by atoms with E-state index in [1.54, 1.807) is 6.33 Å². The topological polar surface area (TPSA) is 42.7 Å². The van der Waals surface area contributed by atoms with Crippen molar-refractivity contribution in [3.05, 3.63) is 73.2 Å². The van der Waals surface area contributed by atoms with Gasteiger partial charge in [0.15, 0.2) is 5.65 Å². The molecule has 0 unspecified atom stereocenters. The first-order chi connectivity index (χ1) is 13.9. The van der Waals surface area contributed by atoms with Crippen LogP contribution in [0.2, 0.25) is 0 Å². The van der Waals surface area contributed by atoms with Crippen molar-refractivity contribution < 1.29 is 0 Å². The van der Waals surface area contributed by atoms with Crippen molar-refractivity contribution in [2.75, 3.05) is 5.32 Å². The standard InChI is InChI=1S/C24H24N4/c1-4-10-18(11-5-1)21-16-28(20-14-8-3-9-15-20)24-22(21)23(25-17-26-24)27-19-12-6-2-7-13-19/h1,3-5,8-11,14-17,19H,2,6-7,12-13H2,(H,25,26,27). The molecule has 28 heavy (non-hydrogen) atoms. The molecule has 0 aliphatic heterocycles. The normalized spacial score (nSPS) is 15.0. The Bertz CT molecular complexity index is 1060. The first-order valence-electron chi connectivity index (χ1n) is 10.1. The number of aromatic nitrogens is 3. The molecule has 0 bridgehead atoms. The fourth-order valence-corrected chi connectivity index (χ4v) is 4.23. The molecule has 1 N–H and O–H groups in total. The van der Waals surface area contributed by atoms with Gasteiger partial charge in [-0.05, 0) is 30.5 Å². The Morgan fingerprint density at radius 3 is 2.29 bits per heavy atom. The summed E-state index contributed by atoms with van der Waals surface area (Å²) in [6.45, 7) is 0. The van der Waals surface area contributed by atoms with Crippen LogP contribution in [0.1, 0.15) is 32.1 Å². The SMILES string of the molecule is c1ccc(-c2cn(-c3ccccc3)c3ncnc(NC4CCCCC4)c23)cc1. The number of rotatable bonds is 4. The van der Waals surface area contributed by atoms with Crippen molar-refractivity contribution in [1.29, 1.82) is 0 Å². The lowest BCUT2D eigenvalue weighted by Crippen LogP contribution is -2.23. The lowest BCUT2D eigenvalue weighted by molar-refractivity contribution is 0.462. The molecule has 4 nitrogen and oxygen atoms in total. The predicted octanol–water partition coefficient (Wildman–Crippen LogP) is 5.83. The molecule has 1 aliphatic carbocycles. The zero-order valence-electron chi connectivity index (χ0n) is 15.9. The van der Waals surface area contributed by atoms with E-state index in [0.717, 1.165) is 22.5 Å². The maximum Gasteiger partial charge on any atom is 0.150 e. The lowest BCUT2D eigenvalue weighted by Gasteiger charge is -2.23. The second kappa shape index (κ2) is 7.47. The van der Waals surface area contributed by atoms with E-state index >= 15 is 0 Å². The second-order valence-corrected chi connectivity index (χ2v) is 7.51. The Morgan fingerprint density at radius 1 is 0.821 bits per heavy atom. The van der Waals surface area contributed by atoms with Crippen LogP contribution in [0.3, 0.4) is 0 Å². The maximum atomic E-state index is 4.67. The van der Waals surface area contributed by atoms with Crippen LogP contribution in [0, 0.1) is 0 Å². The van der Waals surface area contributed by atoms with Gasteiger partial charge in [0.2, 0.25) is 0 Å². The molecule has 0 saturated heterocycles. The first-order valence-corrected chi connectivity index (χ1v) is 10.1. The highest BCUT2D eigenvalue weighted by Crippen LogP contribution is 2.36. The Labute approximate surface area is 165 Å². The summed E-state index contributed by atoms with van der Waals surface area (Å²) < 4.78 is 2.17. The molecule has 140 valence electrons. The minimum Gasteiger partial charge on any atom is -0.367 e. The molecule has 0 spiro atoms. The summed E-state index contributed by atoms with van der Waals surface area (Å²) in [5, 5.41) is 4.83. The smallest absolute Gasteiger partial charge is 0.150 e. The van der Waals surface area contributed by atoms with Crippen LogP contribution < -0.4 is 5.32 Å². The van der Waals surface area contributed by atoms with Crippen LogP contribution in [-0.2, 0) is 0 Å². The van der Waals surface area contributed by atoms with Crippen LogP contribution in [0.25, 0.3) is 27.8 Å². The van der Waals surface area contributed by atoms with Crippen LogP contribution in [0.15, 0.2) is 73.2 Å². The second-order valence-electron chi connectivity index (χ2n) is 7.51.